The van der Waals surface area contributed by atoms with E-state index in [0.717, 1.165) is 12.2 Å². The maximum atomic E-state index is 4.10. The highest BCUT2D eigenvalue weighted by Gasteiger charge is 2.07. The number of nitrogens with one attached hydrogen (secondary N) is 2. The number of aromatic nitrogens is 2. The second-order valence-corrected chi connectivity index (χ2v) is 4.09. The predicted molar refractivity (Wildman–Crippen MR) is 66.3 cm³/mol. The van der Waals surface area contributed by atoms with E-state index < -0.39 is 0 Å². The lowest BCUT2D eigenvalue weighted by Gasteiger charge is -2.05. The molecule has 0 aliphatic heterocycles. The molecular formula is C13H17N3. The van der Waals surface area contributed by atoms with Gasteiger partial charge in [0.05, 0.1) is 11.9 Å². The van der Waals surface area contributed by atoms with Crippen LogP contribution in [0.15, 0.2) is 24.4 Å². The maximum absolute atomic E-state index is 4.10. The molecule has 0 aliphatic carbocycles. The molecule has 0 unspecified atom stereocenters. The van der Waals surface area contributed by atoms with Gasteiger partial charge in [-0.05, 0) is 37.6 Å². The van der Waals surface area contributed by atoms with Crippen molar-refractivity contribution in [3.05, 3.63) is 41.2 Å². The lowest BCUT2D eigenvalue weighted by Crippen LogP contribution is -2.06. The van der Waals surface area contributed by atoms with E-state index in [1.54, 1.807) is 0 Å². The van der Waals surface area contributed by atoms with Crippen LogP contribution in [-0.4, -0.2) is 17.2 Å². The Balaban J connectivity index is 2.42. The third-order valence-electron chi connectivity index (χ3n) is 2.89. The maximum Gasteiger partial charge on any atom is 0.0569 e. The van der Waals surface area contributed by atoms with Gasteiger partial charge >= 0.3 is 0 Å². The Bertz CT molecular complexity index is 486. The molecule has 0 saturated carbocycles. The fourth-order valence-electron chi connectivity index (χ4n) is 1.78. The second kappa shape index (κ2) is 4.49. The van der Waals surface area contributed by atoms with Crippen LogP contribution in [0.4, 0.5) is 0 Å². The molecule has 84 valence electrons. The highest BCUT2D eigenvalue weighted by atomic mass is 15.1. The third kappa shape index (κ3) is 1.99. The molecule has 0 amide bonds. The zero-order valence-electron chi connectivity index (χ0n) is 9.96. The molecular weight excluding hydrogens is 198 g/mol. The van der Waals surface area contributed by atoms with Crippen LogP contribution in [0.25, 0.3) is 11.1 Å². The van der Waals surface area contributed by atoms with Gasteiger partial charge in [-0.1, -0.05) is 18.2 Å². The van der Waals surface area contributed by atoms with Gasteiger partial charge in [0.1, 0.15) is 0 Å². The van der Waals surface area contributed by atoms with Gasteiger partial charge < -0.3 is 5.32 Å². The molecule has 0 fully saturated rings. The first-order chi connectivity index (χ1) is 7.72. The monoisotopic (exact) mass is 215 g/mol. The van der Waals surface area contributed by atoms with Crippen LogP contribution in [0.3, 0.4) is 0 Å². The summed E-state index contributed by atoms with van der Waals surface area (Å²) in [7, 11) is 1.94. The molecule has 2 aromatic rings. The van der Waals surface area contributed by atoms with Crippen molar-refractivity contribution in [1.29, 1.82) is 0 Å². The third-order valence-corrected chi connectivity index (χ3v) is 2.89. The summed E-state index contributed by atoms with van der Waals surface area (Å²) in [5.41, 5.74) is 6.17. The van der Waals surface area contributed by atoms with Crippen LogP contribution >= 0.6 is 0 Å². The molecule has 0 bridgehead atoms. The lowest BCUT2D eigenvalue weighted by molar-refractivity contribution is 0.785. The van der Waals surface area contributed by atoms with Gasteiger partial charge in [0, 0.05) is 12.1 Å². The number of aromatic amines is 1. The first-order valence-electron chi connectivity index (χ1n) is 5.47. The second-order valence-electron chi connectivity index (χ2n) is 4.09. The number of aryl methyl sites for hydroxylation is 2. The van der Waals surface area contributed by atoms with E-state index in [1.165, 1.54) is 22.3 Å². The molecule has 0 aliphatic rings. The molecule has 2 rings (SSSR count). The molecule has 0 spiro atoms. The molecule has 3 heteroatoms. The predicted octanol–water partition coefficient (Wildman–Crippen LogP) is 2.41. The molecule has 1 aromatic heterocycles. The summed E-state index contributed by atoms with van der Waals surface area (Å²) < 4.78 is 0. The van der Waals surface area contributed by atoms with Gasteiger partial charge in [-0.3, -0.25) is 5.10 Å². The molecule has 0 saturated heterocycles. The van der Waals surface area contributed by atoms with Crippen molar-refractivity contribution in [1.82, 2.24) is 15.5 Å². The molecule has 0 atom stereocenters. The van der Waals surface area contributed by atoms with E-state index in [1.807, 2.05) is 13.2 Å². The van der Waals surface area contributed by atoms with Gasteiger partial charge in [-0.15, -0.1) is 0 Å². The minimum atomic E-state index is 0.808. The van der Waals surface area contributed by atoms with E-state index in [4.69, 9.17) is 0 Å². The van der Waals surface area contributed by atoms with E-state index in [0.29, 0.717) is 0 Å². The van der Waals surface area contributed by atoms with Crippen LogP contribution in [-0.2, 0) is 6.54 Å². The minimum Gasteiger partial charge on any atom is -0.314 e. The van der Waals surface area contributed by atoms with Gasteiger partial charge in [0.15, 0.2) is 0 Å². The Morgan fingerprint density at radius 3 is 2.75 bits per heavy atom. The molecule has 2 N–H and O–H groups in total. The van der Waals surface area contributed by atoms with Crippen molar-refractivity contribution in [2.45, 2.75) is 20.4 Å². The lowest BCUT2D eigenvalue weighted by atomic mass is 10.0. The van der Waals surface area contributed by atoms with E-state index in [-0.39, 0.29) is 0 Å². The van der Waals surface area contributed by atoms with Crippen LogP contribution in [0, 0.1) is 13.8 Å². The van der Waals surface area contributed by atoms with Crippen molar-refractivity contribution in [3.63, 3.8) is 0 Å². The Kier molecular flexibility index (Phi) is 3.06. The van der Waals surface area contributed by atoms with Crippen molar-refractivity contribution < 1.29 is 0 Å². The molecule has 3 nitrogen and oxygen atoms in total. The number of benzene rings is 1. The number of H-pyrrole nitrogens is 1. The van der Waals surface area contributed by atoms with Crippen molar-refractivity contribution >= 4 is 0 Å². The smallest absolute Gasteiger partial charge is 0.0569 e. The Labute approximate surface area is 95.9 Å². The fourth-order valence-corrected chi connectivity index (χ4v) is 1.78. The van der Waals surface area contributed by atoms with Crippen LogP contribution < -0.4 is 5.32 Å². The molecule has 1 aromatic carbocycles. The zero-order valence-corrected chi connectivity index (χ0v) is 9.96. The highest BCUT2D eigenvalue weighted by molar-refractivity contribution is 5.66. The topological polar surface area (TPSA) is 40.7 Å². The number of rotatable bonds is 3. The SMILES string of the molecule is CNCc1[nH]ncc1-c1ccc(C)c(C)c1. The summed E-state index contributed by atoms with van der Waals surface area (Å²) >= 11 is 0. The van der Waals surface area contributed by atoms with E-state index in [9.17, 15) is 0 Å². The van der Waals surface area contributed by atoms with Crippen molar-refractivity contribution in [3.8, 4) is 11.1 Å². The molecule has 1 heterocycles. The summed E-state index contributed by atoms with van der Waals surface area (Å²) in [4.78, 5) is 0. The van der Waals surface area contributed by atoms with Crippen LogP contribution in [0.1, 0.15) is 16.8 Å². The van der Waals surface area contributed by atoms with Crippen LogP contribution in [0.2, 0.25) is 0 Å². The summed E-state index contributed by atoms with van der Waals surface area (Å²) in [5.74, 6) is 0. The number of nitrogens with zero attached hydrogens (tertiary/aromatic N) is 1. The van der Waals surface area contributed by atoms with Gasteiger partial charge in [0.25, 0.3) is 0 Å². The van der Waals surface area contributed by atoms with Gasteiger partial charge in [-0.25, -0.2) is 0 Å². The summed E-state index contributed by atoms with van der Waals surface area (Å²) in [6.45, 7) is 5.07. The highest BCUT2D eigenvalue weighted by Crippen LogP contribution is 2.24. The summed E-state index contributed by atoms with van der Waals surface area (Å²) in [6, 6.07) is 6.51. The standard InChI is InChI=1S/C13H17N3/c1-9-4-5-11(6-10(9)2)12-7-15-16-13(12)8-14-3/h4-7,14H,8H2,1-3H3,(H,15,16). The zero-order chi connectivity index (χ0) is 11.5. The van der Waals surface area contributed by atoms with Gasteiger partial charge in [-0.2, -0.15) is 5.10 Å². The van der Waals surface area contributed by atoms with Crippen molar-refractivity contribution in [2.75, 3.05) is 7.05 Å². The average molecular weight is 215 g/mol. The average Bonchev–Trinajstić information content (AvgIpc) is 2.71. The van der Waals surface area contributed by atoms with Crippen molar-refractivity contribution in [2.24, 2.45) is 0 Å². The summed E-state index contributed by atoms with van der Waals surface area (Å²) in [6.07, 6.45) is 1.89. The van der Waals surface area contributed by atoms with Gasteiger partial charge in [0.2, 0.25) is 0 Å². The number of hydrogen-bond donors (Lipinski definition) is 2. The molecule has 0 radical (unpaired) electrons. The number of hydrogen-bond acceptors (Lipinski definition) is 2. The normalized spacial score (nSPS) is 10.7. The Hall–Kier alpha value is -1.61. The molecule has 16 heavy (non-hydrogen) atoms. The summed E-state index contributed by atoms with van der Waals surface area (Å²) in [5, 5.41) is 10.3. The first-order valence-corrected chi connectivity index (χ1v) is 5.47. The van der Waals surface area contributed by atoms with Crippen LogP contribution in [0.5, 0.6) is 0 Å². The van der Waals surface area contributed by atoms with E-state index >= 15 is 0 Å². The van der Waals surface area contributed by atoms with E-state index in [2.05, 4.69) is 47.6 Å². The quantitative estimate of drug-likeness (QED) is 0.825. The first kappa shape index (κ1) is 10.9. The Morgan fingerprint density at radius 1 is 1.25 bits per heavy atom. The Morgan fingerprint density at radius 2 is 2.06 bits per heavy atom. The fraction of sp³-hybridized carbons (Fsp3) is 0.308. The minimum absolute atomic E-state index is 0.808. The largest absolute Gasteiger partial charge is 0.314 e.